The van der Waals surface area contributed by atoms with E-state index in [4.69, 9.17) is 0 Å². The number of fused-ring (bicyclic) bond motifs is 3. The summed E-state index contributed by atoms with van der Waals surface area (Å²) in [6.45, 7) is 8.55. The third-order valence-electron chi connectivity index (χ3n) is 9.26. The molecule has 10 nitrogen and oxygen atoms in total. The Kier molecular flexibility index (Phi) is 7.71. The zero-order valence-corrected chi connectivity index (χ0v) is 26.7. The number of hydrogen-bond donors (Lipinski definition) is 2. The Morgan fingerprint density at radius 1 is 0.812 bits per heavy atom. The number of nitrogens with zero attached hydrogens (tertiary/aromatic N) is 8. The molecule has 2 aliphatic rings. The van der Waals surface area contributed by atoms with Crippen LogP contribution in [0.25, 0.3) is 22.5 Å². The maximum Gasteiger partial charge on any atom is 0.323 e. The van der Waals surface area contributed by atoms with E-state index < -0.39 is 35.7 Å². The molecule has 1 unspecified atom stereocenters. The summed E-state index contributed by atoms with van der Waals surface area (Å²) in [5, 5.41) is 33.1. The molecule has 2 aromatic carbocycles. The number of aliphatic hydroxyl groups excluding tert-OH is 1. The largest absolute Gasteiger partial charge is 0.386 e. The standard InChI is InChI=1S/C35H35F3N8O2/c1-33(2,3)31(47)29-12-10-26(20-39-29)45-16-14-44(15-17-45)25-8-4-22(5-9-25)23-6-13-30(40-19-23)35(37,38)34(48)21-46-32(41-42-43-46)27-18-24(36)7-11-28(27)34/h4-13,18-20,31,47-48H,14-17,21H2,1-3H3/t31?,34-/m0/s1. The first-order chi connectivity index (χ1) is 22.8. The van der Waals surface area contributed by atoms with Crippen molar-refractivity contribution in [3.8, 4) is 22.5 Å². The molecule has 2 aliphatic heterocycles. The molecule has 248 valence electrons. The average molecular weight is 657 g/mol. The highest BCUT2D eigenvalue weighted by atomic mass is 19.3. The minimum absolute atomic E-state index is 0.00504. The molecule has 5 aromatic rings. The van der Waals surface area contributed by atoms with Gasteiger partial charge in [0, 0.05) is 54.8 Å². The second kappa shape index (κ2) is 11.7. The number of hydrogen-bond acceptors (Lipinski definition) is 9. The van der Waals surface area contributed by atoms with Gasteiger partial charge in [0.05, 0.1) is 24.1 Å². The summed E-state index contributed by atoms with van der Waals surface area (Å²) in [4.78, 5) is 13.2. The lowest BCUT2D eigenvalue weighted by Crippen LogP contribution is -2.49. The Morgan fingerprint density at radius 2 is 1.48 bits per heavy atom. The molecule has 0 bridgehead atoms. The fourth-order valence-electron chi connectivity index (χ4n) is 6.38. The van der Waals surface area contributed by atoms with Crippen molar-refractivity contribution >= 4 is 11.4 Å². The quantitative estimate of drug-likeness (QED) is 0.250. The Labute approximate surface area is 275 Å². The van der Waals surface area contributed by atoms with Crippen LogP contribution in [0.5, 0.6) is 0 Å². The Balaban J connectivity index is 1.03. The van der Waals surface area contributed by atoms with Crippen LogP contribution in [0.4, 0.5) is 24.5 Å². The molecule has 0 amide bonds. The summed E-state index contributed by atoms with van der Waals surface area (Å²) in [5.41, 5.74) is 0.300. The van der Waals surface area contributed by atoms with Crippen LogP contribution in [-0.2, 0) is 18.1 Å². The normalized spacial score (nSPS) is 18.8. The van der Waals surface area contributed by atoms with Crippen LogP contribution in [0.2, 0.25) is 0 Å². The molecule has 0 saturated carbocycles. The third-order valence-corrected chi connectivity index (χ3v) is 9.26. The lowest BCUT2D eigenvalue weighted by molar-refractivity contribution is -0.207. The topological polar surface area (TPSA) is 116 Å². The molecule has 13 heteroatoms. The molecule has 0 spiro atoms. The number of halogens is 3. The molecular weight excluding hydrogens is 621 g/mol. The predicted octanol–water partition coefficient (Wildman–Crippen LogP) is 5.34. The predicted molar refractivity (Wildman–Crippen MR) is 174 cm³/mol. The molecule has 1 saturated heterocycles. The van der Waals surface area contributed by atoms with Gasteiger partial charge in [-0.15, -0.1) is 5.10 Å². The number of rotatable bonds is 6. The van der Waals surface area contributed by atoms with Gasteiger partial charge in [0.1, 0.15) is 17.6 Å². The van der Waals surface area contributed by atoms with Crippen molar-refractivity contribution in [3.05, 3.63) is 102 Å². The maximum atomic E-state index is 16.1. The highest BCUT2D eigenvalue weighted by Gasteiger charge is 2.59. The van der Waals surface area contributed by atoms with Crippen molar-refractivity contribution in [1.82, 2.24) is 30.2 Å². The van der Waals surface area contributed by atoms with E-state index in [1.54, 1.807) is 6.07 Å². The molecule has 5 heterocycles. The molecule has 0 aliphatic carbocycles. The van der Waals surface area contributed by atoms with Gasteiger partial charge >= 0.3 is 5.92 Å². The van der Waals surface area contributed by atoms with Crippen LogP contribution < -0.4 is 9.80 Å². The molecular formula is C35H35F3N8O2. The van der Waals surface area contributed by atoms with E-state index in [1.807, 2.05) is 63.4 Å². The van der Waals surface area contributed by atoms with Crippen LogP contribution in [0.1, 0.15) is 43.8 Å². The minimum atomic E-state index is -3.86. The zero-order valence-electron chi connectivity index (χ0n) is 26.7. The number of alkyl halides is 2. The van der Waals surface area contributed by atoms with Gasteiger partial charge in [-0.1, -0.05) is 45.0 Å². The molecule has 3 aromatic heterocycles. The van der Waals surface area contributed by atoms with E-state index >= 15 is 8.78 Å². The molecule has 7 rings (SSSR count). The lowest BCUT2D eigenvalue weighted by atomic mass is 9.80. The summed E-state index contributed by atoms with van der Waals surface area (Å²) in [7, 11) is 0. The van der Waals surface area contributed by atoms with Gasteiger partial charge in [-0.2, -0.15) is 8.78 Å². The van der Waals surface area contributed by atoms with E-state index in [2.05, 4.69) is 35.3 Å². The number of aliphatic hydroxyl groups is 2. The highest BCUT2D eigenvalue weighted by Crippen LogP contribution is 2.50. The number of tetrazole rings is 1. The smallest absolute Gasteiger partial charge is 0.323 e. The first kappa shape index (κ1) is 31.7. The van der Waals surface area contributed by atoms with Crippen molar-refractivity contribution < 1.29 is 23.4 Å². The Hall–Kier alpha value is -4.88. The van der Waals surface area contributed by atoms with E-state index in [0.29, 0.717) is 11.3 Å². The Bertz CT molecular complexity index is 1920. The molecule has 0 radical (unpaired) electrons. The second-order valence-electron chi connectivity index (χ2n) is 13.4. The molecule has 48 heavy (non-hydrogen) atoms. The van der Waals surface area contributed by atoms with Gasteiger partial charge in [-0.3, -0.25) is 9.97 Å². The number of pyridine rings is 2. The van der Waals surface area contributed by atoms with E-state index in [9.17, 15) is 14.6 Å². The van der Waals surface area contributed by atoms with Crippen molar-refractivity contribution in [2.24, 2.45) is 5.41 Å². The number of piperazine rings is 1. The second-order valence-corrected chi connectivity index (χ2v) is 13.4. The maximum absolute atomic E-state index is 16.1. The molecule has 1 fully saturated rings. The number of benzene rings is 2. The van der Waals surface area contributed by atoms with Crippen LogP contribution in [-0.4, -0.2) is 66.6 Å². The fourth-order valence-corrected chi connectivity index (χ4v) is 6.38. The lowest BCUT2D eigenvalue weighted by Gasteiger charge is -2.39. The summed E-state index contributed by atoms with van der Waals surface area (Å²) in [6.07, 6.45) is 2.55. The Morgan fingerprint density at radius 3 is 2.10 bits per heavy atom. The van der Waals surface area contributed by atoms with E-state index in [1.165, 1.54) is 12.3 Å². The zero-order chi connectivity index (χ0) is 33.8. The van der Waals surface area contributed by atoms with E-state index in [0.717, 1.165) is 66.0 Å². The molecule has 2 atom stereocenters. The van der Waals surface area contributed by atoms with Crippen molar-refractivity contribution in [2.45, 2.75) is 44.9 Å². The van der Waals surface area contributed by atoms with Crippen molar-refractivity contribution in [2.75, 3.05) is 36.0 Å². The van der Waals surface area contributed by atoms with Crippen LogP contribution in [0.15, 0.2) is 79.1 Å². The summed E-state index contributed by atoms with van der Waals surface area (Å²) < 4.78 is 47.3. The van der Waals surface area contributed by atoms with Gasteiger partial charge in [0.25, 0.3) is 0 Å². The number of anilines is 2. The van der Waals surface area contributed by atoms with E-state index in [-0.39, 0.29) is 22.4 Å². The highest BCUT2D eigenvalue weighted by molar-refractivity contribution is 5.67. The van der Waals surface area contributed by atoms with Crippen LogP contribution in [0, 0.1) is 11.2 Å². The minimum Gasteiger partial charge on any atom is -0.386 e. The monoisotopic (exact) mass is 656 g/mol. The summed E-state index contributed by atoms with van der Waals surface area (Å²) in [6, 6.07) is 17.7. The first-order valence-electron chi connectivity index (χ1n) is 15.7. The van der Waals surface area contributed by atoms with Gasteiger partial charge < -0.3 is 20.0 Å². The van der Waals surface area contributed by atoms with Gasteiger partial charge in [-0.25, -0.2) is 9.07 Å². The summed E-state index contributed by atoms with van der Waals surface area (Å²) in [5.74, 6) is -4.43. The molecule has 2 N–H and O–H groups in total. The van der Waals surface area contributed by atoms with Crippen molar-refractivity contribution in [3.63, 3.8) is 0 Å². The van der Waals surface area contributed by atoms with Gasteiger partial charge in [0.15, 0.2) is 11.4 Å². The van der Waals surface area contributed by atoms with Crippen molar-refractivity contribution in [1.29, 1.82) is 0 Å². The third kappa shape index (κ3) is 5.46. The first-order valence-corrected chi connectivity index (χ1v) is 15.7. The van der Waals surface area contributed by atoms with Gasteiger partial charge in [0.2, 0.25) is 0 Å². The average Bonchev–Trinajstić information content (AvgIpc) is 3.56. The van der Waals surface area contributed by atoms with Crippen LogP contribution >= 0.6 is 0 Å². The fraction of sp³-hybridized carbons (Fsp3) is 0.343. The van der Waals surface area contributed by atoms with Gasteiger partial charge in [-0.05, 0) is 63.9 Å². The summed E-state index contributed by atoms with van der Waals surface area (Å²) >= 11 is 0. The number of aromatic nitrogens is 6. The SMILES string of the molecule is CC(C)(C)C(O)c1ccc(N2CCN(c3ccc(-c4ccc(C(F)(F)[C@]5(O)Cn6nnnc6-c6cc(F)ccc65)nc4)cc3)CC2)cn1. The van der Waals surface area contributed by atoms with Crippen LogP contribution in [0.3, 0.4) is 0 Å².